The third-order valence-electron chi connectivity index (χ3n) is 4.39. The van der Waals surface area contributed by atoms with Crippen molar-refractivity contribution in [1.29, 1.82) is 0 Å². The Bertz CT molecular complexity index is 957. The van der Waals surface area contributed by atoms with Gasteiger partial charge < -0.3 is 5.11 Å². The summed E-state index contributed by atoms with van der Waals surface area (Å²) in [5, 5.41) is 9.82. The van der Waals surface area contributed by atoms with E-state index >= 15 is 0 Å². The second-order valence-electron chi connectivity index (χ2n) is 6.50. The Morgan fingerprint density at radius 2 is 1.44 bits per heavy atom. The number of benzene rings is 3. The number of aliphatic hydroxyl groups excluding tert-OH is 1. The summed E-state index contributed by atoms with van der Waals surface area (Å²) in [6.45, 7) is 1.44. The van der Waals surface area contributed by atoms with E-state index in [1.54, 1.807) is 0 Å². The third kappa shape index (κ3) is 5.18. The second-order valence-corrected chi connectivity index (χ2v) is 7.35. The molecule has 0 saturated carbocycles. The van der Waals surface area contributed by atoms with Crippen molar-refractivity contribution in [3.63, 3.8) is 0 Å². The normalized spacial score (nSPS) is 11.4. The van der Waals surface area contributed by atoms with Gasteiger partial charge in [-0.25, -0.2) is 0 Å². The number of allylic oxidation sites excluding steroid dienone is 2. The zero-order chi connectivity index (χ0) is 19.2. The fraction of sp³-hybridized carbons (Fsp3) is 0.125. The lowest BCUT2D eigenvalue weighted by molar-refractivity contribution is -0.112. The first kappa shape index (κ1) is 19.1. The average molecular weight is 421 g/mol. The molecule has 3 aromatic carbocycles. The number of aliphatic hydroxyl groups is 1. The number of carbonyl (C=O) groups excluding carboxylic acids is 1. The Balaban J connectivity index is 1.80. The van der Waals surface area contributed by atoms with Crippen molar-refractivity contribution in [3.05, 3.63) is 94.7 Å². The monoisotopic (exact) mass is 420 g/mol. The lowest BCUT2D eigenvalue weighted by atomic mass is 9.98. The molecule has 0 fully saturated rings. The van der Waals surface area contributed by atoms with Crippen LogP contribution < -0.4 is 0 Å². The van der Waals surface area contributed by atoms with Crippen molar-refractivity contribution in [1.82, 2.24) is 0 Å². The molecule has 0 heterocycles. The molecular formula is C24H21BrO2. The Labute approximate surface area is 168 Å². The molecule has 0 saturated heterocycles. The maximum absolute atomic E-state index is 11.1. The zero-order valence-electron chi connectivity index (χ0n) is 15.2. The molecule has 3 heteroatoms. The molecule has 0 atom stereocenters. The quantitative estimate of drug-likeness (QED) is 0.353. The first-order valence-electron chi connectivity index (χ1n) is 8.87. The molecule has 27 heavy (non-hydrogen) atoms. The van der Waals surface area contributed by atoms with E-state index in [-0.39, 0.29) is 11.5 Å². The largest absolute Gasteiger partial charge is 0.512 e. The van der Waals surface area contributed by atoms with Crippen molar-refractivity contribution in [2.75, 3.05) is 0 Å². The van der Waals surface area contributed by atoms with Crippen molar-refractivity contribution in [3.8, 4) is 22.3 Å². The number of aryl methyl sites for hydroxylation is 1. The van der Waals surface area contributed by atoms with E-state index in [4.69, 9.17) is 0 Å². The maximum Gasteiger partial charge on any atom is 0.155 e. The van der Waals surface area contributed by atoms with E-state index in [9.17, 15) is 9.90 Å². The van der Waals surface area contributed by atoms with Crippen LogP contribution in [-0.4, -0.2) is 10.9 Å². The minimum absolute atomic E-state index is 0.118. The van der Waals surface area contributed by atoms with Crippen LogP contribution in [0.5, 0.6) is 0 Å². The third-order valence-corrected chi connectivity index (χ3v) is 5.17. The molecule has 0 spiro atoms. The molecular weight excluding hydrogens is 400 g/mol. The van der Waals surface area contributed by atoms with Gasteiger partial charge in [-0.05, 0) is 47.2 Å². The number of hydrogen-bond acceptors (Lipinski definition) is 2. The SMILES string of the molecule is CC(=O)C=C(O)CCc1cc(-c2ccc(-c3ccccc3)cc2)ccc1Br. The molecule has 3 aromatic rings. The molecule has 2 nitrogen and oxygen atoms in total. The molecule has 0 aliphatic heterocycles. The van der Waals surface area contributed by atoms with Crippen molar-refractivity contribution < 1.29 is 9.90 Å². The van der Waals surface area contributed by atoms with E-state index < -0.39 is 0 Å². The summed E-state index contributed by atoms with van der Waals surface area (Å²) in [5.41, 5.74) is 5.77. The van der Waals surface area contributed by atoms with Crippen LogP contribution in [0.1, 0.15) is 18.9 Å². The summed E-state index contributed by atoms with van der Waals surface area (Å²) in [5.74, 6) is -0.0224. The first-order chi connectivity index (χ1) is 13.0. The molecule has 136 valence electrons. The average Bonchev–Trinajstić information content (AvgIpc) is 2.68. The minimum atomic E-state index is -0.140. The lowest BCUT2D eigenvalue weighted by Crippen LogP contribution is -1.94. The lowest BCUT2D eigenvalue weighted by Gasteiger charge is -2.09. The molecule has 0 amide bonds. The fourth-order valence-electron chi connectivity index (χ4n) is 3.00. The highest BCUT2D eigenvalue weighted by Gasteiger charge is 2.06. The summed E-state index contributed by atoms with van der Waals surface area (Å²) in [6, 6.07) is 25.1. The van der Waals surface area contributed by atoms with Crippen LogP contribution in [0.3, 0.4) is 0 Å². The van der Waals surface area contributed by atoms with E-state index in [0.717, 1.165) is 21.2 Å². The Morgan fingerprint density at radius 3 is 2.07 bits per heavy atom. The number of rotatable bonds is 6. The van der Waals surface area contributed by atoms with E-state index in [2.05, 4.69) is 64.5 Å². The van der Waals surface area contributed by atoms with Gasteiger partial charge in [-0.2, -0.15) is 0 Å². The molecule has 0 aromatic heterocycles. The highest BCUT2D eigenvalue weighted by atomic mass is 79.9. The fourth-order valence-corrected chi connectivity index (χ4v) is 3.45. The summed E-state index contributed by atoms with van der Waals surface area (Å²) >= 11 is 3.58. The summed E-state index contributed by atoms with van der Waals surface area (Å²) in [6.07, 6.45) is 2.38. The smallest absolute Gasteiger partial charge is 0.155 e. The molecule has 0 bridgehead atoms. The molecule has 0 radical (unpaired) electrons. The Morgan fingerprint density at radius 1 is 0.889 bits per heavy atom. The second kappa shape index (κ2) is 8.83. The van der Waals surface area contributed by atoms with Gasteiger partial charge in [0.1, 0.15) is 0 Å². The zero-order valence-corrected chi connectivity index (χ0v) is 16.7. The number of hydrogen-bond donors (Lipinski definition) is 1. The van der Waals surface area contributed by atoms with Gasteiger partial charge in [0.05, 0.1) is 5.76 Å². The van der Waals surface area contributed by atoms with Gasteiger partial charge in [-0.15, -0.1) is 0 Å². The van der Waals surface area contributed by atoms with Crippen LogP contribution in [0.2, 0.25) is 0 Å². The Hall–Kier alpha value is -2.65. The molecule has 0 aliphatic rings. The summed E-state index contributed by atoms with van der Waals surface area (Å²) < 4.78 is 1.00. The van der Waals surface area contributed by atoms with E-state index in [1.165, 1.54) is 24.1 Å². The van der Waals surface area contributed by atoms with Gasteiger partial charge in [0.25, 0.3) is 0 Å². The van der Waals surface area contributed by atoms with Crippen molar-refractivity contribution in [2.45, 2.75) is 19.8 Å². The van der Waals surface area contributed by atoms with Crippen LogP contribution in [0.4, 0.5) is 0 Å². The highest BCUT2D eigenvalue weighted by Crippen LogP contribution is 2.29. The van der Waals surface area contributed by atoms with Gasteiger partial charge in [0.2, 0.25) is 0 Å². The molecule has 1 N–H and O–H groups in total. The van der Waals surface area contributed by atoms with Gasteiger partial charge >= 0.3 is 0 Å². The molecule has 3 rings (SSSR count). The predicted octanol–water partition coefficient (Wildman–Crippen LogP) is 6.75. The van der Waals surface area contributed by atoms with Crippen LogP contribution in [0.25, 0.3) is 22.3 Å². The Kier molecular flexibility index (Phi) is 6.25. The standard InChI is InChI=1S/C24H21BrO2/c1-17(26)15-23(27)13-11-22-16-21(12-14-24(22)25)20-9-7-19(8-10-20)18-5-3-2-4-6-18/h2-10,12,14-16,27H,11,13H2,1H3. The number of ketones is 1. The van der Waals surface area contributed by atoms with Gasteiger partial charge in [-0.3, -0.25) is 4.79 Å². The summed E-state index contributed by atoms with van der Waals surface area (Å²) in [4.78, 5) is 11.1. The van der Waals surface area contributed by atoms with Crippen molar-refractivity contribution in [2.24, 2.45) is 0 Å². The van der Waals surface area contributed by atoms with Crippen LogP contribution in [0.15, 0.2) is 89.1 Å². The van der Waals surface area contributed by atoms with Gasteiger partial charge in [0.15, 0.2) is 5.78 Å². The molecule has 0 unspecified atom stereocenters. The number of carbonyl (C=O) groups is 1. The first-order valence-corrected chi connectivity index (χ1v) is 9.66. The number of halogens is 1. The van der Waals surface area contributed by atoms with E-state index in [0.29, 0.717) is 12.8 Å². The minimum Gasteiger partial charge on any atom is -0.512 e. The molecule has 0 aliphatic carbocycles. The maximum atomic E-state index is 11.1. The van der Waals surface area contributed by atoms with Crippen LogP contribution in [0, 0.1) is 0 Å². The van der Waals surface area contributed by atoms with E-state index in [1.807, 2.05) is 24.3 Å². The van der Waals surface area contributed by atoms with Crippen LogP contribution in [-0.2, 0) is 11.2 Å². The topological polar surface area (TPSA) is 37.3 Å². The van der Waals surface area contributed by atoms with Gasteiger partial charge in [-0.1, -0.05) is 82.7 Å². The predicted molar refractivity (Wildman–Crippen MR) is 115 cm³/mol. The van der Waals surface area contributed by atoms with Crippen molar-refractivity contribution >= 4 is 21.7 Å². The van der Waals surface area contributed by atoms with Crippen LogP contribution >= 0.6 is 15.9 Å². The summed E-state index contributed by atoms with van der Waals surface area (Å²) in [7, 11) is 0. The highest BCUT2D eigenvalue weighted by molar-refractivity contribution is 9.10. The van der Waals surface area contributed by atoms with Gasteiger partial charge in [0, 0.05) is 17.0 Å².